The molecule has 0 fully saturated rings. The number of benzene rings is 2. The minimum atomic E-state index is -0.499. The van der Waals surface area contributed by atoms with Gasteiger partial charge in [-0.2, -0.15) is 0 Å². The van der Waals surface area contributed by atoms with Gasteiger partial charge < -0.3 is 18.9 Å². The predicted octanol–water partition coefficient (Wildman–Crippen LogP) is 2.83. The molecule has 2 heterocycles. The van der Waals surface area contributed by atoms with Gasteiger partial charge in [-0.05, 0) is 35.9 Å². The van der Waals surface area contributed by atoms with E-state index in [0.29, 0.717) is 30.5 Å². The van der Waals surface area contributed by atoms with Gasteiger partial charge in [0.1, 0.15) is 19.0 Å². The second kappa shape index (κ2) is 6.68. The molecule has 6 heteroatoms. The Balaban J connectivity index is 1.49. The average Bonchev–Trinajstić information content (AvgIpc) is 3.00. The minimum absolute atomic E-state index is 0.0915. The van der Waals surface area contributed by atoms with Crippen LogP contribution in [0.1, 0.15) is 5.56 Å². The maximum Gasteiger partial charge on any atom is 0.363 e. The van der Waals surface area contributed by atoms with Crippen molar-refractivity contribution in [1.29, 1.82) is 0 Å². The molecular formula is C19H15NO5. The van der Waals surface area contributed by atoms with E-state index in [2.05, 4.69) is 4.99 Å². The summed E-state index contributed by atoms with van der Waals surface area (Å²) in [6.45, 7) is 1.14. The summed E-state index contributed by atoms with van der Waals surface area (Å²) in [5.41, 5.74) is 1.01. The van der Waals surface area contributed by atoms with E-state index in [9.17, 15) is 4.79 Å². The van der Waals surface area contributed by atoms with Gasteiger partial charge in [-0.3, -0.25) is 0 Å². The third kappa shape index (κ3) is 3.47. The number of carbonyl (C=O) groups is 1. The van der Waals surface area contributed by atoms with E-state index in [4.69, 9.17) is 18.9 Å². The molecule has 0 atom stereocenters. The average molecular weight is 337 g/mol. The van der Waals surface area contributed by atoms with Crippen LogP contribution in [0.2, 0.25) is 0 Å². The minimum Gasteiger partial charge on any atom is -0.486 e. The van der Waals surface area contributed by atoms with Crippen LogP contribution in [0.5, 0.6) is 17.2 Å². The van der Waals surface area contributed by atoms with Crippen molar-refractivity contribution in [3.8, 4) is 17.2 Å². The van der Waals surface area contributed by atoms with Gasteiger partial charge in [0.25, 0.3) is 0 Å². The van der Waals surface area contributed by atoms with Crippen molar-refractivity contribution >= 4 is 17.9 Å². The highest BCUT2D eigenvalue weighted by atomic mass is 16.6. The van der Waals surface area contributed by atoms with Gasteiger partial charge in [-0.1, -0.05) is 24.3 Å². The number of hydrogen-bond acceptors (Lipinski definition) is 6. The summed E-state index contributed by atoms with van der Waals surface area (Å²) >= 11 is 0. The van der Waals surface area contributed by atoms with Crippen LogP contribution in [0.25, 0.3) is 6.08 Å². The van der Waals surface area contributed by atoms with Crippen LogP contribution in [0.3, 0.4) is 0 Å². The number of para-hydroxylation sites is 1. The molecule has 0 aromatic heterocycles. The van der Waals surface area contributed by atoms with Crippen LogP contribution < -0.4 is 14.2 Å². The second-order valence-electron chi connectivity index (χ2n) is 5.43. The number of esters is 1. The maximum absolute atomic E-state index is 12.0. The van der Waals surface area contributed by atoms with Crippen LogP contribution >= 0.6 is 0 Å². The van der Waals surface area contributed by atoms with Crippen LogP contribution in [0, 0.1) is 0 Å². The summed E-state index contributed by atoms with van der Waals surface area (Å²) < 4.78 is 21.7. The summed E-state index contributed by atoms with van der Waals surface area (Å²) in [6.07, 6.45) is 1.65. The highest BCUT2D eigenvalue weighted by Crippen LogP contribution is 2.31. The predicted molar refractivity (Wildman–Crippen MR) is 90.9 cm³/mol. The molecule has 0 saturated carbocycles. The zero-order valence-electron chi connectivity index (χ0n) is 13.3. The van der Waals surface area contributed by atoms with Crippen molar-refractivity contribution in [3.63, 3.8) is 0 Å². The van der Waals surface area contributed by atoms with E-state index in [-0.39, 0.29) is 18.2 Å². The van der Waals surface area contributed by atoms with Crippen molar-refractivity contribution in [2.45, 2.75) is 0 Å². The van der Waals surface area contributed by atoms with Crippen molar-refractivity contribution < 1.29 is 23.7 Å². The van der Waals surface area contributed by atoms with E-state index >= 15 is 0 Å². The molecule has 2 aromatic carbocycles. The Morgan fingerprint density at radius 2 is 1.84 bits per heavy atom. The Labute approximate surface area is 144 Å². The number of rotatable bonds is 4. The van der Waals surface area contributed by atoms with E-state index in [0.717, 1.165) is 5.56 Å². The first kappa shape index (κ1) is 15.3. The number of ether oxygens (including phenoxy) is 4. The molecule has 126 valence electrons. The SMILES string of the molecule is O=C1OC(COc2ccccc2)=N/C1=C/c1ccc2c(c1)OCCO2. The molecular weight excluding hydrogens is 322 g/mol. The number of hydrogen-bond donors (Lipinski definition) is 0. The number of nitrogens with zero attached hydrogens (tertiary/aromatic N) is 1. The molecule has 0 N–H and O–H groups in total. The molecule has 0 bridgehead atoms. The summed E-state index contributed by atoms with van der Waals surface area (Å²) in [5, 5.41) is 0. The maximum atomic E-state index is 12.0. The quantitative estimate of drug-likeness (QED) is 0.634. The fourth-order valence-corrected chi connectivity index (χ4v) is 2.48. The van der Waals surface area contributed by atoms with E-state index in [1.807, 2.05) is 48.5 Å². The summed E-state index contributed by atoms with van der Waals surface area (Å²) in [5.74, 6) is 1.77. The highest BCUT2D eigenvalue weighted by molar-refractivity contribution is 6.07. The van der Waals surface area contributed by atoms with Gasteiger partial charge in [-0.15, -0.1) is 0 Å². The standard InChI is InChI=1S/C19H15NO5/c21-19-15(10-13-6-7-16-17(11-13)23-9-8-22-16)20-18(25-19)12-24-14-4-2-1-3-5-14/h1-7,10-11H,8-9,12H2/b15-10+. The smallest absolute Gasteiger partial charge is 0.363 e. The lowest BCUT2D eigenvalue weighted by Crippen LogP contribution is -2.15. The molecule has 6 nitrogen and oxygen atoms in total. The Kier molecular flexibility index (Phi) is 4.08. The van der Waals surface area contributed by atoms with Crippen molar-refractivity contribution in [2.24, 2.45) is 4.99 Å². The zero-order chi connectivity index (χ0) is 17.1. The van der Waals surface area contributed by atoms with Crippen molar-refractivity contribution in [2.75, 3.05) is 19.8 Å². The third-order valence-corrected chi connectivity index (χ3v) is 3.64. The van der Waals surface area contributed by atoms with Crippen LogP contribution in [0.15, 0.2) is 59.2 Å². The summed E-state index contributed by atoms with van der Waals surface area (Å²) in [7, 11) is 0. The topological polar surface area (TPSA) is 66.4 Å². The highest BCUT2D eigenvalue weighted by Gasteiger charge is 2.23. The van der Waals surface area contributed by atoms with E-state index in [1.165, 1.54) is 0 Å². The van der Waals surface area contributed by atoms with Gasteiger partial charge in [0.15, 0.2) is 23.8 Å². The molecule has 0 radical (unpaired) electrons. The monoisotopic (exact) mass is 337 g/mol. The summed E-state index contributed by atoms with van der Waals surface area (Å²) in [4.78, 5) is 16.2. The molecule has 0 spiro atoms. The lowest BCUT2D eigenvalue weighted by Gasteiger charge is -2.18. The molecule has 2 aliphatic rings. The lowest BCUT2D eigenvalue weighted by molar-refractivity contribution is -0.130. The number of cyclic esters (lactones) is 1. The third-order valence-electron chi connectivity index (χ3n) is 3.64. The molecule has 0 unspecified atom stereocenters. The molecule has 4 rings (SSSR count). The summed E-state index contributed by atoms with van der Waals surface area (Å²) in [6, 6.07) is 14.7. The first-order valence-electron chi connectivity index (χ1n) is 7.87. The fraction of sp³-hybridized carbons (Fsp3) is 0.158. The van der Waals surface area contributed by atoms with Crippen molar-refractivity contribution in [3.05, 3.63) is 59.8 Å². The fourth-order valence-electron chi connectivity index (χ4n) is 2.48. The number of fused-ring (bicyclic) bond motifs is 1. The Bertz CT molecular complexity index is 857. The Morgan fingerprint density at radius 1 is 1.04 bits per heavy atom. The normalized spacial score (nSPS) is 17.2. The Hall–Kier alpha value is -3.28. The van der Waals surface area contributed by atoms with Crippen molar-refractivity contribution in [1.82, 2.24) is 0 Å². The van der Waals surface area contributed by atoms with Gasteiger partial charge in [-0.25, -0.2) is 9.79 Å². The van der Waals surface area contributed by atoms with E-state index in [1.54, 1.807) is 6.08 Å². The molecule has 0 saturated heterocycles. The first-order valence-corrected chi connectivity index (χ1v) is 7.87. The number of aliphatic imine (C=N–C) groups is 1. The van der Waals surface area contributed by atoms with Gasteiger partial charge in [0.2, 0.25) is 5.90 Å². The molecule has 0 amide bonds. The number of carbonyl (C=O) groups excluding carboxylic acids is 1. The van der Waals surface area contributed by atoms with Gasteiger partial charge >= 0.3 is 5.97 Å². The van der Waals surface area contributed by atoms with Crippen LogP contribution in [-0.4, -0.2) is 31.7 Å². The van der Waals surface area contributed by atoms with Crippen LogP contribution in [-0.2, 0) is 9.53 Å². The van der Waals surface area contributed by atoms with Gasteiger partial charge in [0.05, 0.1) is 0 Å². The molecule has 2 aromatic rings. The van der Waals surface area contributed by atoms with Crippen LogP contribution in [0.4, 0.5) is 0 Å². The molecule has 2 aliphatic heterocycles. The second-order valence-corrected chi connectivity index (χ2v) is 5.43. The van der Waals surface area contributed by atoms with E-state index < -0.39 is 5.97 Å². The largest absolute Gasteiger partial charge is 0.486 e. The Morgan fingerprint density at radius 3 is 2.68 bits per heavy atom. The molecule has 0 aliphatic carbocycles. The zero-order valence-corrected chi connectivity index (χ0v) is 13.3. The molecule has 25 heavy (non-hydrogen) atoms. The van der Waals surface area contributed by atoms with Gasteiger partial charge in [0, 0.05) is 0 Å². The first-order chi connectivity index (χ1) is 12.3. The lowest BCUT2D eigenvalue weighted by atomic mass is 10.1.